The molecule has 4 N–H and O–H groups in total. The van der Waals surface area contributed by atoms with Gasteiger partial charge in [-0.25, -0.2) is 0 Å². The highest BCUT2D eigenvalue weighted by Crippen LogP contribution is 2.27. The third-order valence-corrected chi connectivity index (χ3v) is 3.35. The van der Waals surface area contributed by atoms with Gasteiger partial charge >= 0.3 is 0 Å². The molecule has 0 saturated heterocycles. The number of carbonyl (C=O) groups excluding carboxylic acids is 1. The molecule has 0 aromatic heterocycles. The van der Waals surface area contributed by atoms with E-state index >= 15 is 0 Å². The molecular formula is C16H18N2O2. The Kier molecular flexibility index (Phi) is 3.66. The Hall–Kier alpha value is -2.49. The van der Waals surface area contributed by atoms with Gasteiger partial charge in [0.25, 0.3) is 5.91 Å². The minimum absolute atomic E-state index is 0.0262. The van der Waals surface area contributed by atoms with Gasteiger partial charge in [-0.1, -0.05) is 12.1 Å². The lowest BCUT2D eigenvalue weighted by Gasteiger charge is -2.14. The molecule has 4 heteroatoms. The molecule has 0 aliphatic carbocycles. The first-order valence-corrected chi connectivity index (χ1v) is 6.37. The van der Waals surface area contributed by atoms with Crippen molar-refractivity contribution in [2.75, 3.05) is 11.1 Å². The summed E-state index contributed by atoms with van der Waals surface area (Å²) in [6.45, 7) is 5.61. The fraction of sp³-hybridized carbons (Fsp3) is 0.188. The van der Waals surface area contributed by atoms with Crippen LogP contribution in [0.15, 0.2) is 30.3 Å². The standard InChI is InChI=1S/C16H18N2O2/c1-9-4-6-12(14(19)8-9)16(20)18-15-10(2)5-7-13(17)11(15)3/h4-8,19H,17H2,1-3H3,(H,18,20). The molecule has 0 aliphatic heterocycles. The fourth-order valence-electron chi connectivity index (χ4n) is 2.07. The second-order valence-corrected chi connectivity index (χ2v) is 4.95. The molecule has 2 aromatic carbocycles. The number of amides is 1. The van der Waals surface area contributed by atoms with Crippen LogP contribution in [0.4, 0.5) is 11.4 Å². The van der Waals surface area contributed by atoms with Gasteiger partial charge in [-0.3, -0.25) is 4.79 Å². The molecule has 2 aromatic rings. The molecule has 4 nitrogen and oxygen atoms in total. The van der Waals surface area contributed by atoms with Gasteiger partial charge in [0.05, 0.1) is 5.56 Å². The summed E-state index contributed by atoms with van der Waals surface area (Å²) in [4.78, 5) is 12.3. The van der Waals surface area contributed by atoms with Crippen LogP contribution in [0.5, 0.6) is 5.75 Å². The molecule has 0 heterocycles. The predicted molar refractivity (Wildman–Crippen MR) is 81.1 cm³/mol. The van der Waals surface area contributed by atoms with E-state index in [0.717, 1.165) is 16.7 Å². The van der Waals surface area contributed by atoms with Crippen LogP contribution in [0.25, 0.3) is 0 Å². The van der Waals surface area contributed by atoms with Crippen molar-refractivity contribution in [3.8, 4) is 5.75 Å². The Morgan fingerprint density at radius 1 is 1.15 bits per heavy atom. The first-order valence-electron chi connectivity index (χ1n) is 6.37. The van der Waals surface area contributed by atoms with E-state index in [2.05, 4.69) is 5.32 Å². The SMILES string of the molecule is Cc1ccc(C(=O)Nc2c(C)ccc(N)c2C)c(O)c1. The van der Waals surface area contributed by atoms with Crippen molar-refractivity contribution < 1.29 is 9.90 Å². The van der Waals surface area contributed by atoms with Crippen molar-refractivity contribution in [2.24, 2.45) is 0 Å². The van der Waals surface area contributed by atoms with Crippen LogP contribution in [0.2, 0.25) is 0 Å². The summed E-state index contributed by atoms with van der Waals surface area (Å²) in [5.41, 5.74) is 10.1. The van der Waals surface area contributed by atoms with Crippen LogP contribution in [0, 0.1) is 20.8 Å². The summed E-state index contributed by atoms with van der Waals surface area (Å²) in [5.74, 6) is -0.374. The zero-order valence-electron chi connectivity index (χ0n) is 11.8. The second kappa shape index (κ2) is 5.25. The number of hydrogen-bond acceptors (Lipinski definition) is 3. The molecule has 0 spiro atoms. The monoisotopic (exact) mass is 270 g/mol. The molecule has 1 amide bonds. The number of aryl methyl sites for hydroxylation is 2. The Morgan fingerprint density at radius 3 is 2.50 bits per heavy atom. The van der Waals surface area contributed by atoms with Crippen LogP contribution in [-0.4, -0.2) is 11.0 Å². The summed E-state index contributed by atoms with van der Waals surface area (Å²) in [6, 6.07) is 8.62. The highest BCUT2D eigenvalue weighted by molar-refractivity contribution is 6.07. The number of nitrogens with two attached hydrogens (primary N) is 1. The number of phenolic OH excluding ortho intramolecular Hbond substituents is 1. The van der Waals surface area contributed by atoms with Crippen LogP contribution in [-0.2, 0) is 0 Å². The van der Waals surface area contributed by atoms with E-state index in [9.17, 15) is 9.90 Å². The zero-order valence-corrected chi connectivity index (χ0v) is 11.8. The summed E-state index contributed by atoms with van der Waals surface area (Å²) in [5, 5.41) is 12.7. The summed E-state index contributed by atoms with van der Waals surface area (Å²) >= 11 is 0. The first kappa shape index (κ1) is 13.9. The summed E-state index contributed by atoms with van der Waals surface area (Å²) < 4.78 is 0. The third-order valence-electron chi connectivity index (χ3n) is 3.35. The molecular weight excluding hydrogens is 252 g/mol. The largest absolute Gasteiger partial charge is 0.507 e. The predicted octanol–water partition coefficient (Wildman–Crippen LogP) is 3.15. The molecule has 0 saturated carbocycles. The first-order chi connectivity index (χ1) is 9.40. The lowest BCUT2D eigenvalue weighted by atomic mass is 10.1. The number of phenols is 1. The zero-order chi connectivity index (χ0) is 14.9. The average Bonchev–Trinajstić information content (AvgIpc) is 2.39. The van der Waals surface area contributed by atoms with Gasteiger partial charge in [0.15, 0.2) is 0 Å². The smallest absolute Gasteiger partial charge is 0.259 e. The summed E-state index contributed by atoms with van der Waals surface area (Å²) in [7, 11) is 0. The van der Waals surface area contributed by atoms with Crippen molar-refractivity contribution in [3.05, 3.63) is 52.6 Å². The number of carbonyl (C=O) groups is 1. The van der Waals surface area contributed by atoms with Crippen LogP contribution in [0.3, 0.4) is 0 Å². The van der Waals surface area contributed by atoms with Gasteiger partial charge in [-0.05, 0) is 55.7 Å². The molecule has 0 aliphatic rings. The van der Waals surface area contributed by atoms with E-state index in [1.165, 1.54) is 0 Å². The normalized spacial score (nSPS) is 10.3. The molecule has 0 atom stereocenters. The number of anilines is 2. The Morgan fingerprint density at radius 2 is 1.85 bits per heavy atom. The fourth-order valence-corrected chi connectivity index (χ4v) is 2.07. The molecule has 0 unspecified atom stereocenters. The highest BCUT2D eigenvalue weighted by atomic mass is 16.3. The second-order valence-electron chi connectivity index (χ2n) is 4.95. The van der Waals surface area contributed by atoms with E-state index in [4.69, 9.17) is 5.73 Å². The van der Waals surface area contributed by atoms with E-state index in [1.54, 1.807) is 18.2 Å². The van der Waals surface area contributed by atoms with Gasteiger partial charge in [0.2, 0.25) is 0 Å². The number of nitrogens with one attached hydrogen (secondary N) is 1. The quantitative estimate of drug-likeness (QED) is 0.734. The van der Waals surface area contributed by atoms with E-state index in [-0.39, 0.29) is 17.2 Å². The third kappa shape index (κ3) is 2.59. The molecule has 0 radical (unpaired) electrons. The van der Waals surface area contributed by atoms with Crippen LogP contribution >= 0.6 is 0 Å². The van der Waals surface area contributed by atoms with Crippen molar-refractivity contribution in [1.82, 2.24) is 0 Å². The van der Waals surface area contributed by atoms with Gasteiger partial charge in [0.1, 0.15) is 5.75 Å². The number of hydrogen-bond donors (Lipinski definition) is 3. The number of aromatic hydroxyl groups is 1. The molecule has 2 rings (SSSR count). The van der Waals surface area contributed by atoms with Crippen LogP contribution < -0.4 is 11.1 Å². The Balaban J connectivity index is 2.35. The highest BCUT2D eigenvalue weighted by Gasteiger charge is 2.14. The maximum absolute atomic E-state index is 12.3. The lowest BCUT2D eigenvalue weighted by Crippen LogP contribution is -2.14. The minimum Gasteiger partial charge on any atom is -0.507 e. The lowest BCUT2D eigenvalue weighted by molar-refractivity contribution is 0.102. The van der Waals surface area contributed by atoms with Gasteiger partial charge in [-0.15, -0.1) is 0 Å². The van der Waals surface area contributed by atoms with E-state index in [0.29, 0.717) is 11.4 Å². The Labute approximate surface area is 118 Å². The maximum Gasteiger partial charge on any atom is 0.259 e. The summed E-state index contributed by atoms with van der Waals surface area (Å²) in [6.07, 6.45) is 0. The van der Waals surface area contributed by atoms with Gasteiger partial charge < -0.3 is 16.2 Å². The van der Waals surface area contributed by atoms with Crippen molar-refractivity contribution >= 4 is 17.3 Å². The topological polar surface area (TPSA) is 75.4 Å². The van der Waals surface area contributed by atoms with Crippen molar-refractivity contribution in [3.63, 3.8) is 0 Å². The average molecular weight is 270 g/mol. The molecule has 0 fully saturated rings. The van der Waals surface area contributed by atoms with Gasteiger partial charge in [0, 0.05) is 11.4 Å². The van der Waals surface area contributed by atoms with Crippen LogP contribution in [0.1, 0.15) is 27.0 Å². The number of benzene rings is 2. The van der Waals surface area contributed by atoms with Crippen molar-refractivity contribution in [2.45, 2.75) is 20.8 Å². The molecule has 20 heavy (non-hydrogen) atoms. The molecule has 0 bridgehead atoms. The number of rotatable bonds is 2. The maximum atomic E-state index is 12.3. The van der Waals surface area contributed by atoms with E-state index in [1.807, 2.05) is 32.9 Å². The molecule has 104 valence electrons. The van der Waals surface area contributed by atoms with Crippen molar-refractivity contribution in [1.29, 1.82) is 0 Å². The van der Waals surface area contributed by atoms with Gasteiger partial charge in [-0.2, -0.15) is 0 Å². The minimum atomic E-state index is -0.348. The van der Waals surface area contributed by atoms with E-state index < -0.39 is 0 Å². The Bertz CT molecular complexity index is 678. The number of nitrogen functional groups attached to an aromatic ring is 1.